The molecule has 0 saturated carbocycles. The largest absolute Gasteiger partial charge is 0.389 e. The molecule has 9 nitrogen and oxygen atoms in total. The molecular formula is C11H21N7O2. The molecule has 0 amide bonds. The van der Waals surface area contributed by atoms with Gasteiger partial charge in [-0.2, -0.15) is 15.0 Å². The van der Waals surface area contributed by atoms with E-state index in [-0.39, 0.29) is 5.95 Å². The van der Waals surface area contributed by atoms with Gasteiger partial charge in [0.2, 0.25) is 17.8 Å². The molecular weight excluding hydrogens is 262 g/mol. The lowest BCUT2D eigenvalue weighted by atomic mass is 10.1. The number of rotatable bonds is 5. The van der Waals surface area contributed by atoms with Crippen LogP contribution in [0.1, 0.15) is 13.8 Å². The summed E-state index contributed by atoms with van der Waals surface area (Å²) in [6.07, 6.45) is 0. The molecule has 9 heteroatoms. The topological polar surface area (TPSA) is 121 Å². The van der Waals surface area contributed by atoms with Gasteiger partial charge in [-0.3, -0.25) is 5.43 Å². The molecule has 1 aliphatic rings. The van der Waals surface area contributed by atoms with Crippen LogP contribution in [-0.2, 0) is 4.74 Å². The fraction of sp³-hybridized carbons (Fsp3) is 0.727. The maximum absolute atomic E-state index is 9.72. The molecule has 1 aromatic rings. The van der Waals surface area contributed by atoms with Crippen LogP contribution in [0.3, 0.4) is 0 Å². The molecule has 20 heavy (non-hydrogen) atoms. The second kappa shape index (κ2) is 6.16. The van der Waals surface area contributed by atoms with Crippen LogP contribution in [-0.4, -0.2) is 58.5 Å². The molecule has 0 radical (unpaired) electrons. The van der Waals surface area contributed by atoms with E-state index < -0.39 is 5.60 Å². The number of hydrogen-bond donors (Lipinski definition) is 4. The Morgan fingerprint density at radius 3 is 2.50 bits per heavy atom. The van der Waals surface area contributed by atoms with Crippen LogP contribution in [0.15, 0.2) is 0 Å². The van der Waals surface area contributed by atoms with Crippen molar-refractivity contribution in [2.75, 3.05) is 48.5 Å². The van der Waals surface area contributed by atoms with E-state index in [1.807, 2.05) is 4.90 Å². The van der Waals surface area contributed by atoms with Crippen molar-refractivity contribution in [3.8, 4) is 0 Å². The molecule has 0 aliphatic carbocycles. The Balaban J connectivity index is 2.15. The first-order valence-corrected chi connectivity index (χ1v) is 6.49. The highest BCUT2D eigenvalue weighted by Gasteiger charge is 2.18. The number of nitrogen functional groups attached to an aromatic ring is 1. The quantitative estimate of drug-likeness (QED) is 0.405. The molecule has 0 spiro atoms. The highest BCUT2D eigenvalue weighted by Crippen LogP contribution is 2.15. The summed E-state index contributed by atoms with van der Waals surface area (Å²) in [6.45, 7) is 6.45. The van der Waals surface area contributed by atoms with Crippen LogP contribution >= 0.6 is 0 Å². The Kier molecular flexibility index (Phi) is 4.53. The molecule has 2 rings (SSSR count). The van der Waals surface area contributed by atoms with Gasteiger partial charge in [0.05, 0.1) is 18.8 Å². The lowest BCUT2D eigenvalue weighted by Crippen LogP contribution is -2.38. The SMILES string of the molecule is CC(C)(O)CNc1nc(NN)nc(N2CCOCC2)n1. The first kappa shape index (κ1) is 14.7. The highest BCUT2D eigenvalue weighted by molar-refractivity contribution is 5.43. The first-order chi connectivity index (χ1) is 9.48. The molecule has 2 heterocycles. The molecule has 0 aromatic carbocycles. The van der Waals surface area contributed by atoms with Gasteiger partial charge in [0, 0.05) is 19.6 Å². The van der Waals surface area contributed by atoms with Gasteiger partial charge in [-0.1, -0.05) is 0 Å². The van der Waals surface area contributed by atoms with Gasteiger partial charge in [0.1, 0.15) is 0 Å². The van der Waals surface area contributed by atoms with Gasteiger partial charge >= 0.3 is 0 Å². The Bertz CT molecular complexity index is 443. The van der Waals surface area contributed by atoms with E-state index in [1.165, 1.54) is 0 Å². The van der Waals surface area contributed by atoms with Crippen molar-refractivity contribution in [1.29, 1.82) is 0 Å². The number of aliphatic hydroxyl groups is 1. The molecule has 1 aromatic heterocycles. The molecule has 1 fully saturated rings. The Hall–Kier alpha value is -1.71. The average molecular weight is 283 g/mol. The normalized spacial score (nSPS) is 16.1. The fourth-order valence-corrected chi connectivity index (χ4v) is 1.71. The van der Waals surface area contributed by atoms with Crippen LogP contribution in [0.5, 0.6) is 0 Å². The number of nitrogens with zero attached hydrogens (tertiary/aromatic N) is 4. The summed E-state index contributed by atoms with van der Waals surface area (Å²) in [4.78, 5) is 14.7. The van der Waals surface area contributed by atoms with Crippen molar-refractivity contribution in [3.63, 3.8) is 0 Å². The summed E-state index contributed by atoms with van der Waals surface area (Å²) in [6, 6.07) is 0. The zero-order chi connectivity index (χ0) is 14.6. The van der Waals surface area contributed by atoms with Crippen LogP contribution in [0.2, 0.25) is 0 Å². The average Bonchev–Trinajstić information content (AvgIpc) is 2.45. The van der Waals surface area contributed by atoms with Crippen LogP contribution in [0, 0.1) is 0 Å². The predicted molar refractivity (Wildman–Crippen MR) is 75.5 cm³/mol. The summed E-state index contributed by atoms with van der Waals surface area (Å²) in [5.74, 6) is 6.56. The third-order valence-electron chi connectivity index (χ3n) is 2.73. The van der Waals surface area contributed by atoms with Crippen molar-refractivity contribution in [2.45, 2.75) is 19.4 Å². The standard InChI is InChI=1S/C11H21N7O2/c1-11(2,19)7-13-8-14-9(17-12)16-10(15-8)18-3-5-20-6-4-18/h19H,3-7,12H2,1-2H3,(H2,13,14,15,16,17). The number of anilines is 3. The van der Waals surface area contributed by atoms with Gasteiger partial charge in [0.25, 0.3) is 0 Å². The monoisotopic (exact) mass is 283 g/mol. The van der Waals surface area contributed by atoms with Gasteiger partial charge in [-0.25, -0.2) is 5.84 Å². The molecule has 0 bridgehead atoms. The second-order valence-corrected chi connectivity index (χ2v) is 5.19. The number of ether oxygens (including phenoxy) is 1. The summed E-state index contributed by atoms with van der Waals surface area (Å²) in [7, 11) is 0. The van der Waals surface area contributed by atoms with Crippen LogP contribution in [0.4, 0.5) is 17.8 Å². The van der Waals surface area contributed by atoms with E-state index in [9.17, 15) is 5.11 Å². The van der Waals surface area contributed by atoms with Crippen molar-refractivity contribution >= 4 is 17.8 Å². The van der Waals surface area contributed by atoms with Crippen molar-refractivity contribution in [1.82, 2.24) is 15.0 Å². The lowest BCUT2D eigenvalue weighted by Gasteiger charge is -2.27. The Morgan fingerprint density at radius 1 is 1.25 bits per heavy atom. The lowest BCUT2D eigenvalue weighted by molar-refractivity contribution is 0.0943. The Morgan fingerprint density at radius 2 is 1.90 bits per heavy atom. The minimum Gasteiger partial charge on any atom is -0.389 e. The van der Waals surface area contributed by atoms with Crippen LogP contribution < -0.4 is 21.5 Å². The summed E-state index contributed by atoms with van der Waals surface area (Å²) in [5.41, 5.74) is 1.56. The molecule has 5 N–H and O–H groups in total. The van der Waals surface area contributed by atoms with E-state index in [0.29, 0.717) is 31.7 Å². The van der Waals surface area contributed by atoms with Crippen LogP contribution in [0.25, 0.3) is 0 Å². The number of hydrazine groups is 1. The third-order valence-corrected chi connectivity index (χ3v) is 2.73. The highest BCUT2D eigenvalue weighted by atomic mass is 16.5. The predicted octanol–water partition coefficient (Wildman–Crippen LogP) is -0.823. The maximum Gasteiger partial charge on any atom is 0.243 e. The van der Waals surface area contributed by atoms with Crippen molar-refractivity contribution < 1.29 is 9.84 Å². The van der Waals surface area contributed by atoms with Gasteiger partial charge in [-0.05, 0) is 13.8 Å². The van der Waals surface area contributed by atoms with Gasteiger partial charge in [-0.15, -0.1) is 0 Å². The summed E-state index contributed by atoms with van der Waals surface area (Å²) < 4.78 is 5.30. The number of aromatic nitrogens is 3. The molecule has 112 valence electrons. The van der Waals surface area contributed by atoms with E-state index in [2.05, 4.69) is 25.7 Å². The van der Waals surface area contributed by atoms with Gasteiger partial charge in [0.15, 0.2) is 0 Å². The van der Waals surface area contributed by atoms with Crippen molar-refractivity contribution in [2.24, 2.45) is 5.84 Å². The minimum atomic E-state index is -0.859. The van der Waals surface area contributed by atoms with E-state index in [0.717, 1.165) is 13.1 Å². The smallest absolute Gasteiger partial charge is 0.243 e. The summed E-state index contributed by atoms with van der Waals surface area (Å²) >= 11 is 0. The van der Waals surface area contributed by atoms with E-state index >= 15 is 0 Å². The minimum absolute atomic E-state index is 0.278. The maximum atomic E-state index is 9.72. The second-order valence-electron chi connectivity index (χ2n) is 5.19. The molecule has 1 aliphatic heterocycles. The van der Waals surface area contributed by atoms with E-state index in [1.54, 1.807) is 13.8 Å². The van der Waals surface area contributed by atoms with Gasteiger partial charge < -0.3 is 20.1 Å². The number of nitrogens with two attached hydrogens (primary N) is 1. The zero-order valence-electron chi connectivity index (χ0n) is 11.8. The van der Waals surface area contributed by atoms with Crippen molar-refractivity contribution in [3.05, 3.63) is 0 Å². The number of hydrogen-bond acceptors (Lipinski definition) is 9. The summed E-state index contributed by atoms with van der Waals surface area (Å²) in [5, 5.41) is 12.7. The third kappa shape index (κ3) is 4.15. The number of nitrogens with one attached hydrogen (secondary N) is 2. The molecule has 1 saturated heterocycles. The van der Waals surface area contributed by atoms with E-state index in [4.69, 9.17) is 10.6 Å². The zero-order valence-corrected chi connectivity index (χ0v) is 11.8. The Labute approximate surface area is 117 Å². The molecule has 0 atom stereocenters. The number of morpholine rings is 1. The fourth-order valence-electron chi connectivity index (χ4n) is 1.71. The first-order valence-electron chi connectivity index (χ1n) is 6.49. The molecule has 0 unspecified atom stereocenters.